The Balaban J connectivity index is 1.70. The van der Waals surface area contributed by atoms with Gasteiger partial charge in [-0.2, -0.15) is 11.3 Å². The second-order valence-electron chi connectivity index (χ2n) is 4.91. The van der Waals surface area contributed by atoms with Gasteiger partial charge in [-0.25, -0.2) is 4.98 Å². The quantitative estimate of drug-likeness (QED) is 0.744. The van der Waals surface area contributed by atoms with E-state index in [2.05, 4.69) is 9.97 Å². The van der Waals surface area contributed by atoms with Crippen LogP contribution in [0.4, 0.5) is 0 Å². The highest BCUT2D eigenvalue weighted by atomic mass is 32.1. The summed E-state index contributed by atoms with van der Waals surface area (Å²) in [7, 11) is 1.80. The number of thiophene rings is 1. The molecule has 1 aromatic carbocycles. The van der Waals surface area contributed by atoms with Crippen LogP contribution in [0.5, 0.6) is 0 Å². The molecule has 5 heteroatoms. The monoisotopic (exact) mass is 297 g/mol. The van der Waals surface area contributed by atoms with E-state index in [1.165, 1.54) is 0 Å². The van der Waals surface area contributed by atoms with Gasteiger partial charge in [0.2, 0.25) is 5.91 Å². The summed E-state index contributed by atoms with van der Waals surface area (Å²) in [5, 5.41) is 3.99. The Morgan fingerprint density at radius 2 is 2.05 bits per heavy atom. The van der Waals surface area contributed by atoms with Gasteiger partial charge in [0.1, 0.15) is 0 Å². The largest absolute Gasteiger partial charge is 0.340 e. The van der Waals surface area contributed by atoms with E-state index in [0.29, 0.717) is 13.0 Å². The summed E-state index contributed by atoms with van der Waals surface area (Å²) in [4.78, 5) is 22.8. The molecule has 0 atom stereocenters. The molecule has 3 rings (SSSR count). The molecule has 2 aromatic heterocycles. The zero-order chi connectivity index (χ0) is 14.7. The molecular weight excluding hydrogens is 282 g/mol. The lowest BCUT2D eigenvalue weighted by Crippen LogP contribution is -2.28. The molecular formula is C16H15N3OS. The van der Waals surface area contributed by atoms with Gasteiger partial charge in [0.15, 0.2) is 0 Å². The summed E-state index contributed by atoms with van der Waals surface area (Å²) in [6, 6.07) is 9.71. The predicted molar refractivity (Wildman–Crippen MR) is 84.0 cm³/mol. The van der Waals surface area contributed by atoms with E-state index in [4.69, 9.17) is 0 Å². The molecule has 0 spiro atoms. The Morgan fingerprint density at radius 1 is 1.24 bits per heavy atom. The van der Waals surface area contributed by atoms with Gasteiger partial charge in [-0.05, 0) is 34.5 Å². The van der Waals surface area contributed by atoms with Crippen molar-refractivity contribution in [2.75, 3.05) is 7.05 Å². The molecule has 0 fully saturated rings. The number of amides is 1. The van der Waals surface area contributed by atoms with E-state index >= 15 is 0 Å². The third kappa shape index (κ3) is 3.25. The molecule has 3 aromatic rings. The average molecular weight is 297 g/mol. The maximum Gasteiger partial charge on any atom is 0.227 e. The van der Waals surface area contributed by atoms with Gasteiger partial charge in [0, 0.05) is 7.05 Å². The number of hydrogen-bond acceptors (Lipinski definition) is 4. The van der Waals surface area contributed by atoms with Crippen molar-refractivity contribution in [1.29, 1.82) is 0 Å². The molecule has 0 N–H and O–H groups in total. The number of benzene rings is 1. The van der Waals surface area contributed by atoms with Gasteiger partial charge in [0.25, 0.3) is 0 Å². The van der Waals surface area contributed by atoms with Gasteiger partial charge < -0.3 is 4.90 Å². The minimum atomic E-state index is 0.0864. The normalized spacial score (nSPS) is 10.7. The zero-order valence-corrected chi connectivity index (χ0v) is 12.5. The van der Waals surface area contributed by atoms with Crippen LogP contribution in [0.25, 0.3) is 11.0 Å². The highest BCUT2D eigenvalue weighted by Gasteiger charge is 2.11. The van der Waals surface area contributed by atoms with Gasteiger partial charge in [-0.15, -0.1) is 0 Å². The van der Waals surface area contributed by atoms with Gasteiger partial charge >= 0.3 is 0 Å². The fraction of sp³-hybridized carbons (Fsp3) is 0.188. The highest BCUT2D eigenvalue weighted by Crippen LogP contribution is 2.11. The average Bonchev–Trinajstić information content (AvgIpc) is 3.00. The topological polar surface area (TPSA) is 46.1 Å². The molecule has 0 saturated heterocycles. The van der Waals surface area contributed by atoms with Crippen LogP contribution in [0.15, 0.2) is 47.3 Å². The second kappa shape index (κ2) is 6.01. The number of carbonyl (C=O) groups is 1. The number of nitrogens with zero attached hydrogens (tertiary/aromatic N) is 3. The van der Waals surface area contributed by atoms with Crippen molar-refractivity contribution in [3.63, 3.8) is 0 Å². The molecule has 0 aliphatic heterocycles. The maximum absolute atomic E-state index is 12.2. The molecule has 1 amide bonds. The van der Waals surface area contributed by atoms with E-state index in [1.54, 1.807) is 29.5 Å². The number of carbonyl (C=O) groups excluding carboxylic acids is 1. The van der Waals surface area contributed by atoms with Crippen molar-refractivity contribution < 1.29 is 4.79 Å². The SMILES string of the molecule is CN(Cc1cnc2ccccc2n1)C(=O)Cc1ccsc1. The highest BCUT2D eigenvalue weighted by molar-refractivity contribution is 7.07. The van der Waals surface area contributed by atoms with Crippen LogP contribution in [0.1, 0.15) is 11.3 Å². The number of para-hydroxylation sites is 2. The summed E-state index contributed by atoms with van der Waals surface area (Å²) in [5.41, 5.74) is 3.58. The molecule has 21 heavy (non-hydrogen) atoms. The zero-order valence-electron chi connectivity index (χ0n) is 11.7. The fourth-order valence-electron chi connectivity index (χ4n) is 2.11. The predicted octanol–water partition coefficient (Wildman–Crippen LogP) is 2.89. The van der Waals surface area contributed by atoms with Crippen molar-refractivity contribution in [2.24, 2.45) is 0 Å². The Kier molecular flexibility index (Phi) is 3.92. The van der Waals surface area contributed by atoms with Gasteiger partial charge in [-0.3, -0.25) is 9.78 Å². The van der Waals surface area contributed by atoms with Crippen molar-refractivity contribution in [1.82, 2.24) is 14.9 Å². The molecule has 0 aliphatic rings. The van der Waals surface area contributed by atoms with Gasteiger partial charge in [-0.1, -0.05) is 12.1 Å². The minimum Gasteiger partial charge on any atom is -0.340 e. The smallest absolute Gasteiger partial charge is 0.227 e. The van der Waals surface area contributed by atoms with Crippen molar-refractivity contribution >= 4 is 28.3 Å². The molecule has 2 heterocycles. The van der Waals surface area contributed by atoms with E-state index in [1.807, 2.05) is 41.1 Å². The van der Waals surface area contributed by atoms with Crippen molar-refractivity contribution in [3.8, 4) is 0 Å². The molecule has 106 valence electrons. The van der Waals surface area contributed by atoms with E-state index in [0.717, 1.165) is 22.3 Å². The second-order valence-corrected chi connectivity index (χ2v) is 5.69. The number of aromatic nitrogens is 2. The van der Waals surface area contributed by atoms with Crippen LogP contribution in [0.3, 0.4) is 0 Å². The number of fused-ring (bicyclic) bond motifs is 1. The van der Waals surface area contributed by atoms with Gasteiger partial charge in [0.05, 0.1) is 35.9 Å². The summed E-state index contributed by atoms with van der Waals surface area (Å²) >= 11 is 1.61. The Labute approximate surface area is 127 Å². The van der Waals surface area contributed by atoms with E-state index in [9.17, 15) is 4.79 Å². The van der Waals surface area contributed by atoms with Crippen LogP contribution in [0, 0.1) is 0 Å². The van der Waals surface area contributed by atoms with Crippen LogP contribution in [0.2, 0.25) is 0 Å². The number of rotatable bonds is 4. The Hall–Kier alpha value is -2.27. The third-order valence-corrected chi connectivity index (χ3v) is 3.99. The lowest BCUT2D eigenvalue weighted by Gasteiger charge is -2.16. The Bertz CT molecular complexity index is 755. The summed E-state index contributed by atoms with van der Waals surface area (Å²) < 4.78 is 0. The maximum atomic E-state index is 12.2. The standard InChI is InChI=1S/C16H15N3OS/c1-19(16(20)8-12-6-7-21-11-12)10-13-9-17-14-4-2-3-5-15(14)18-13/h2-7,9,11H,8,10H2,1H3. The molecule has 4 nitrogen and oxygen atoms in total. The van der Waals surface area contributed by atoms with Crippen molar-refractivity contribution in [2.45, 2.75) is 13.0 Å². The number of hydrogen-bond donors (Lipinski definition) is 0. The first kappa shape index (κ1) is 13.7. The summed E-state index contributed by atoms with van der Waals surface area (Å²) in [5.74, 6) is 0.0864. The lowest BCUT2D eigenvalue weighted by molar-refractivity contribution is -0.129. The van der Waals surface area contributed by atoms with Crippen LogP contribution >= 0.6 is 11.3 Å². The Morgan fingerprint density at radius 3 is 2.81 bits per heavy atom. The first-order valence-electron chi connectivity index (χ1n) is 6.68. The third-order valence-electron chi connectivity index (χ3n) is 3.26. The first-order chi connectivity index (χ1) is 10.2. The fourth-order valence-corrected chi connectivity index (χ4v) is 2.77. The van der Waals surface area contributed by atoms with Crippen molar-refractivity contribution in [3.05, 3.63) is 58.5 Å². The van der Waals surface area contributed by atoms with E-state index < -0.39 is 0 Å². The molecule has 0 aliphatic carbocycles. The molecule has 0 radical (unpaired) electrons. The lowest BCUT2D eigenvalue weighted by atomic mass is 10.2. The molecule has 0 bridgehead atoms. The first-order valence-corrected chi connectivity index (χ1v) is 7.62. The van der Waals surface area contributed by atoms with E-state index in [-0.39, 0.29) is 5.91 Å². The number of likely N-dealkylation sites (N-methyl/N-ethyl adjacent to an activating group) is 1. The molecule has 0 saturated carbocycles. The van der Waals surface area contributed by atoms with Crippen LogP contribution in [-0.4, -0.2) is 27.8 Å². The summed E-state index contributed by atoms with van der Waals surface area (Å²) in [6.45, 7) is 0.473. The van der Waals surface area contributed by atoms with Crippen LogP contribution in [-0.2, 0) is 17.8 Å². The van der Waals surface area contributed by atoms with Crippen LogP contribution < -0.4 is 0 Å². The summed E-state index contributed by atoms with van der Waals surface area (Å²) in [6.07, 6.45) is 2.16. The molecule has 0 unspecified atom stereocenters. The minimum absolute atomic E-state index is 0.0864.